The lowest BCUT2D eigenvalue weighted by atomic mass is 9.91. The van der Waals surface area contributed by atoms with E-state index in [0.717, 1.165) is 36.4 Å². The Balaban J connectivity index is 2.43. The molecular weight excluding hydrogens is 415 g/mol. The highest BCUT2D eigenvalue weighted by molar-refractivity contribution is 7.16. The number of amides is 1. The van der Waals surface area contributed by atoms with Crippen molar-refractivity contribution < 1.29 is 4.79 Å². The maximum Gasteiger partial charge on any atom is 0.268 e. The highest BCUT2D eigenvalue weighted by Gasteiger charge is 2.23. The summed E-state index contributed by atoms with van der Waals surface area (Å²) in [5.74, 6) is -0.175. The van der Waals surface area contributed by atoms with Gasteiger partial charge in [-0.15, -0.1) is 22.9 Å². The summed E-state index contributed by atoms with van der Waals surface area (Å²) in [6.45, 7) is 5.52. The van der Waals surface area contributed by atoms with E-state index >= 15 is 0 Å². The number of hydrogen-bond acceptors (Lipinski definition) is 5. The number of halogens is 2. The number of rotatable bonds is 9. The first-order chi connectivity index (χ1) is 13.4. The molecule has 0 saturated carbocycles. The fourth-order valence-corrected chi connectivity index (χ4v) is 4.51. The third-order valence-electron chi connectivity index (χ3n) is 4.49. The Morgan fingerprint density at radius 2 is 2.21 bits per heavy atom. The largest absolute Gasteiger partial charge is 0.364 e. The number of alkyl halides is 1. The van der Waals surface area contributed by atoms with Gasteiger partial charge in [0, 0.05) is 27.1 Å². The quantitative estimate of drug-likeness (QED) is 0.262. The van der Waals surface area contributed by atoms with Gasteiger partial charge in [-0.2, -0.15) is 0 Å². The predicted octanol–water partition coefficient (Wildman–Crippen LogP) is 4.29. The number of hydrogen-bond donors (Lipinski definition) is 4. The van der Waals surface area contributed by atoms with E-state index in [2.05, 4.69) is 11.9 Å². The smallest absolute Gasteiger partial charge is 0.268 e. The van der Waals surface area contributed by atoms with Gasteiger partial charge in [-0.3, -0.25) is 10.2 Å². The van der Waals surface area contributed by atoms with Crippen molar-refractivity contribution in [3.63, 3.8) is 0 Å². The Bertz CT molecular complexity index is 835. The molecule has 2 heterocycles. The summed E-state index contributed by atoms with van der Waals surface area (Å²) >= 11 is 13.2. The third-order valence-corrected chi connectivity index (χ3v) is 6.11. The van der Waals surface area contributed by atoms with Crippen LogP contribution in [0.4, 0.5) is 0 Å². The van der Waals surface area contributed by atoms with Crippen LogP contribution < -0.4 is 11.1 Å². The van der Waals surface area contributed by atoms with E-state index in [1.54, 1.807) is 12.2 Å². The van der Waals surface area contributed by atoms with Crippen LogP contribution in [0.5, 0.6) is 0 Å². The van der Waals surface area contributed by atoms with Crippen molar-refractivity contribution in [2.45, 2.75) is 19.3 Å². The van der Waals surface area contributed by atoms with Gasteiger partial charge in [-0.25, -0.2) is 0 Å². The monoisotopic (exact) mass is 438 g/mol. The van der Waals surface area contributed by atoms with Crippen molar-refractivity contribution in [2.24, 2.45) is 11.7 Å². The van der Waals surface area contributed by atoms with Crippen molar-refractivity contribution in [1.82, 2.24) is 5.32 Å². The summed E-state index contributed by atoms with van der Waals surface area (Å²) < 4.78 is 0. The number of allylic oxidation sites excluding steroid dienone is 5. The van der Waals surface area contributed by atoms with Crippen LogP contribution in [0, 0.1) is 16.7 Å². The molecule has 1 aliphatic rings. The van der Waals surface area contributed by atoms with Gasteiger partial charge in [-0.1, -0.05) is 30.3 Å². The van der Waals surface area contributed by atoms with Gasteiger partial charge in [0.05, 0.1) is 4.88 Å². The zero-order valence-corrected chi connectivity index (χ0v) is 17.8. The molecule has 1 unspecified atom stereocenters. The summed E-state index contributed by atoms with van der Waals surface area (Å²) in [7, 11) is 0. The number of nitrogens with one attached hydrogen (secondary N) is 3. The van der Waals surface area contributed by atoms with Crippen LogP contribution in [0.1, 0.15) is 34.6 Å². The van der Waals surface area contributed by atoms with E-state index in [1.165, 1.54) is 17.4 Å². The fraction of sp³-hybridized carbons (Fsp3) is 0.350. The first-order valence-corrected chi connectivity index (χ1v) is 10.7. The molecule has 150 valence electrons. The third kappa shape index (κ3) is 5.88. The second-order valence-electron chi connectivity index (χ2n) is 6.53. The Morgan fingerprint density at radius 1 is 1.46 bits per heavy atom. The lowest BCUT2D eigenvalue weighted by Gasteiger charge is -2.22. The summed E-state index contributed by atoms with van der Waals surface area (Å²) in [6, 6.07) is 1.82. The van der Waals surface area contributed by atoms with E-state index in [1.807, 2.05) is 6.07 Å². The molecule has 1 aromatic rings. The molecule has 5 nitrogen and oxygen atoms in total. The molecule has 0 radical (unpaired) electrons. The van der Waals surface area contributed by atoms with Gasteiger partial charge in [0.25, 0.3) is 5.91 Å². The molecule has 0 aliphatic carbocycles. The molecular formula is C20H24Cl2N4OS. The second kappa shape index (κ2) is 10.7. The zero-order chi connectivity index (χ0) is 20.7. The van der Waals surface area contributed by atoms with Crippen molar-refractivity contribution in [2.75, 3.05) is 19.0 Å². The van der Waals surface area contributed by atoms with E-state index in [0.29, 0.717) is 33.5 Å². The van der Waals surface area contributed by atoms with Gasteiger partial charge < -0.3 is 16.5 Å². The molecule has 0 spiro atoms. The summed E-state index contributed by atoms with van der Waals surface area (Å²) in [5.41, 5.74) is 6.78. The van der Waals surface area contributed by atoms with Crippen LogP contribution in [0.2, 0.25) is 0 Å². The second-order valence-corrected chi connectivity index (χ2v) is 8.33. The van der Waals surface area contributed by atoms with Gasteiger partial charge in [0.15, 0.2) is 0 Å². The van der Waals surface area contributed by atoms with Crippen LogP contribution in [0.3, 0.4) is 0 Å². The number of nitrogens with two attached hydrogens (primary N) is 1. The molecule has 1 aromatic heterocycles. The van der Waals surface area contributed by atoms with E-state index in [-0.39, 0.29) is 11.6 Å². The highest BCUT2D eigenvalue weighted by Crippen LogP contribution is 2.32. The normalized spacial score (nSPS) is 18.0. The number of primary amides is 1. The summed E-state index contributed by atoms with van der Waals surface area (Å²) in [4.78, 5) is 12.8. The van der Waals surface area contributed by atoms with Crippen LogP contribution in [-0.4, -0.2) is 36.3 Å². The number of carbonyl (C=O) groups excluding carboxylic acids is 1. The molecule has 8 heteroatoms. The van der Waals surface area contributed by atoms with E-state index in [4.69, 9.17) is 39.8 Å². The van der Waals surface area contributed by atoms with Gasteiger partial charge in [-0.05, 0) is 56.0 Å². The van der Waals surface area contributed by atoms with Gasteiger partial charge in [0.1, 0.15) is 5.71 Å². The topological polar surface area (TPSA) is 103 Å². The molecule has 2 rings (SSSR count). The molecule has 1 fully saturated rings. The maximum absolute atomic E-state index is 11.6. The van der Waals surface area contributed by atoms with Gasteiger partial charge in [0.2, 0.25) is 0 Å². The number of thiophene rings is 1. The minimum Gasteiger partial charge on any atom is -0.364 e. The molecule has 0 aromatic carbocycles. The zero-order valence-electron chi connectivity index (χ0n) is 15.5. The van der Waals surface area contributed by atoms with Crippen molar-refractivity contribution in [3.05, 3.63) is 51.2 Å². The predicted molar refractivity (Wildman–Crippen MR) is 120 cm³/mol. The Hall–Kier alpha value is -1.73. The molecule has 1 saturated heterocycles. The fourth-order valence-electron chi connectivity index (χ4n) is 3.07. The van der Waals surface area contributed by atoms with Gasteiger partial charge >= 0.3 is 0 Å². The lowest BCUT2D eigenvalue weighted by Crippen LogP contribution is -2.31. The first-order valence-electron chi connectivity index (χ1n) is 8.94. The first kappa shape index (κ1) is 22.6. The van der Waals surface area contributed by atoms with Crippen LogP contribution >= 0.6 is 34.5 Å². The molecule has 1 atom stereocenters. The molecule has 1 amide bonds. The number of piperidine rings is 1. The average Bonchev–Trinajstić information content (AvgIpc) is 3.13. The van der Waals surface area contributed by atoms with Crippen molar-refractivity contribution in [1.29, 1.82) is 10.8 Å². The number of carbonyl (C=O) groups is 1. The average molecular weight is 439 g/mol. The summed E-state index contributed by atoms with van der Waals surface area (Å²) in [6.07, 6.45) is 7.76. The molecule has 0 bridgehead atoms. The molecule has 5 N–H and O–H groups in total. The lowest BCUT2D eigenvalue weighted by molar-refractivity contribution is -0.112. The van der Waals surface area contributed by atoms with E-state index in [9.17, 15) is 4.79 Å². The highest BCUT2D eigenvalue weighted by atomic mass is 35.5. The Morgan fingerprint density at radius 3 is 2.79 bits per heavy atom. The van der Waals surface area contributed by atoms with Crippen molar-refractivity contribution in [3.8, 4) is 0 Å². The summed E-state index contributed by atoms with van der Waals surface area (Å²) in [5, 5.41) is 20.5. The van der Waals surface area contributed by atoms with Crippen LogP contribution in [0.15, 0.2) is 35.9 Å². The molecule has 28 heavy (non-hydrogen) atoms. The maximum atomic E-state index is 11.6. The SMILES string of the molecule is C=C/C(Cl)=C\C(=C/CCl)c1cc(C(=N)CC2CCCNC2)c(C(=N)C(N)=O)s1. The Labute approximate surface area is 179 Å². The standard InChI is InChI=1S/C20H24Cl2N4OS/c1-2-14(22)9-13(5-6-21)17-10-15(19(28-17)18(24)20(25)27)16(23)8-12-4-3-7-26-11-12/h2,5,9-10,12,23-24,26H,1,3-4,6-8,11H2,(H2,25,27)/b13-5+,14-9+,23-16?,24-18?. The minimum absolute atomic E-state index is 0.272. The van der Waals surface area contributed by atoms with Crippen molar-refractivity contribution >= 4 is 57.4 Å². The van der Waals surface area contributed by atoms with E-state index < -0.39 is 5.91 Å². The van der Waals surface area contributed by atoms with Crippen LogP contribution in [0.25, 0.3) is 5.57 Å². The minimum atomic E-state index is -0.815. The molecule has 1 aliphatic heterocycles. The van der Waals surface area contributed by atoms with Crippen LogP contribution in [-0.2, 0) is 4.79 Å². The Kier molecular flexibility index (Phi) is 8.63.